The number of carboxylic acids is 1. The number of aliphatic hydroxyl groups is 1. The molecule has 0 saturated carbocycles. The van der Waals surface area contributed by atoms with Crippen LogP contribution in [-0.2, 0) is 19.6 Å². The van der Waals surface area contributed by atoms with Crippen LogP contribution in [0.2, 0.25) is 0 Å². The zero-order valence-electron chi connectivity index (χ0n) is 21.9. The van der Waals surface area contributed by atoms with Gasteiger partial charge < -0.3 is 19.7 Å². The fraction of sp³-hybridized carbons (Fsp3) is 0.406. The van der Waals surface area contributed by atoms with Crippen molar-refractivity contribution < 1.29 is 24.5 Å². The van der Waals surface area contributed by atoms with E-state index in [1.54, 1.807) is 6.07 Å². The van der Waals surface area contributed by atoms with E-state index in [0.717, 1.165) is 61.6 Å². The Morgan fingerprint density at radius 1 is 0.757 bits per heavy atom. The van der Waals surface area contributed by atoms with Crippen LogP contribution in [0.5, 0.6) is 11.5 Å². The van der Waals surface area contributed by atoms with Crippen molar-refractivity contribution in [3.8, 4) is 11.5 Å². The molecule has 0 aliphatic carbocycles. The molecule has 0 fully saturated rings. The van der Waals surface area contributed by atoms with Gasteiger partial charge in [-0.3, -0.25) is 0 Å². The van der Waals surface area contributed by atoms with Gasteiger partial charge in [0.25, 0.3) is 0 Å². The Morgan fingerprint density at radius 2 is 1.30 bits per heavy atom. The Morgan fingerprint density at radius 3 is 1.86 bits per heavy atom. The number of carboxylic acid groups (broad SMARTS) is 1. The van der Waals surface area contributed by atoms with Gasteiger partial charge in [-0.25, -0.2) is 4.79 Å². The van der Waals surface area contributed by atoms with E-state index in [1.807, 2.05) is 73.7 Å². The molecule has 198 valence electrons. The Hall–Kier alpha value is -3.31. The van der Waals surface area contributed by atoms with Gasteiger partial charge >= 0.3 is 5.97 Å². The molecule has 5 heteroatoms. The van der Waals surface area contributed by atoms with E-state index in [4.69, 9.17) is 9.47 Å². The fourth-order valence-corrected chi connectivity index (χ4v) is 4.40. The first-order valence-electron chi connectivity index (χ1n) is 13.4. The Balaban J connectivity index is 1.65. The number of hydrogen-bond donors (Lipinski definition) is 2. The molecule has 0 aromatic heterocycles. The summed E-state index contributed by atoms with van der Waals surface area (Å²) in [5.41, 5.74) is 3.00. The summed E-state index contributed by atoms with van der Waals surface area (Å²) < 4.78 is 12.1. The molecule has 0 heterocycles. The summed E-state index contributed by atoms with van der Waals surface area (Å²) in [4.78, 5) is 12.3. The van der Waals surface area contributed by atoms with Crippen LogP contribution >= 0.6 is 0 Å². The largest absolute Gasteiger partial charge is 0.489 e. The maximum atomic E-state index is 12.3. The number of ether oxygens (including phenoxy) is 2. The van der Waals surface area contributed by atoms with E-state index in [0.29, 0.717) is 24.5 Å². The number of benzene rings is 3. The number of unbranched alkanes of at least 4 members (excludes halogenated alkanes) is 6. The normalized spacial score (nSPS) is 11.7. The van der Waals surface area contributed by atoms with Crippen LogP contribution in [0.4, 0.5) is 0 Å². The monoisotopic (exact) mass is 504 g/mol. The predicted octanol–water partition coefficient (Wildman–Crippen LogP) is 7.59. The van der Waals surface area contributed by atoms with E-state index in [2.05, 4.69) is 0 Å². The summed E-state index contributed by atoms with van der Waals surface area (Å²) in [6.45, 7) is 2.53. The Labute approximate surface area is 221 Å². The molecular weight excluding hydrogens is 464 g/mol. The lowest BCUT2D eigenvalue weighted by Crippen LogP contribution is -2.09. The van der Waals surface area contributed by atoms with E-state index in [9.17, 15) is 15.0 Å². The van der Waals surface area contributed by atoms with Crippen LogP contribution in [0.3, 0.4) is 0 Å². The number of aryl methyl sites for hydroxylation is 1. The summed E-state index contributed by atoms with van der Waals surface area (Å²) in [5.74, 6) is -0.0224. The summed E-state index contributed by atoms with van der Waals surface area (Å²) in [5, 5.41) is 19.4. The van der Waals surface area contributed by atoms with Crippen molar-refractivity contribution in [2.45, 2.75) is 84.0 Å². The van der Waals surface area contributed by atoms with Crippen LogP contribution < -0.4 is 9.47 Å². The lowest BCUT2D eigenvalue weighted by molar-refractivity contribution is 0.0690. The number of hydrogen-bond acceptors (Lipinski definition) is 4. The van der Waals surface area contributed by atoms with Crippen molar-refractivity contribution in [3.05, 3.63) is 95.1 Å². The SMILES string of the molecule is C[C@H](O)CCCCCCCCCc1cc(OCc2ccccc2)cc(OCc2ccccc2)c1C(=O)O. The van der Waals surface area contributed by atoms with Crippen molar-refractivity contribution in [1.29, 1.82) is 0 Å². The second-order valence-electron chi connectivity index (χ2n) is 9.67. The van der Waals surface area contributed by atoms with Gasteiger partial charge in [0, 0.05) is 6.07 Å². The second kappa shape index (κ2) is 15.7. The van der Waals surface area contributed by atoms with Crippen molar-refractivity contribution in [2.75, 3.05) is 0 Å². The molecule has 0 bridgehead atoms. The van der Waals surface area contributed by atoms with Gasteiger partial charge in [0.05, 0.1) is 6.10 Å². The predicted molar refractivity (Wildman–Crippen MR) is 147 cm³/mol. The average molecular weight is 505 g/mol. The summed E-state index contributed by atoms with van der Waals surface area (Å²) in [6, 6.07) is 23.2. The third kappa shape index (κ3) is 10.3. The quantitative estimate of drug-likeness (QED) is 0.185. The van der Waals surface area contributed by atoms with Gasteiger partial charge in [-0.05, 0) is 48.9 Å². The zero-order chi connectivity index (χ0) is 26.3. The number of aliphatic hydroxyl groups excluding tert-OH is 1. The maximum Gasteiger partial charge on any atom is 0.339 e. The fourth-order valence-electron chi connectivity index (χ4n) is 4.40. The van der Waals surface area contributed by atoms with Crippen LogP contribution in [0.15, 0.2) is 72.8 Å². The zero-order valence-corrected chi connectivity index (χ0v) is 21.9. The van der Waals surface area contributed by atoms with Crippen molar-refractivity contribution in [1.82, 2.24) is 0 Å². The smallest absolute Gasteiger partial charge is 0.339 e. The molecule has 0 saturated heterocycles. The van der Waals surface area contributed by atoms with Crippen molar-refractivity contribution in [2.24, 2.45) is 0 Å². The lowest BCUT2D eigenvalue weighted by Gasteiger charge is -2.16. The first kappa shape index (κ1) is 28.3. The van der Waals surface area contributed by atoms with Crippen LogP contribution in [0, 0.1) is 0 Å². The minimum absolute atomic E-state index is 0.211. The van der Waals surface area contributed by atoms with Gasteiger partial charge in [0.15, 0.2) is 0 Å². The lowest BCUT2D eigenvalue weighted by atomic mass is 9.98. The van der Waals surface area contributed by atoms with E-state index in [-0.39, 0.29) is 18.3 Å². The van der Waals surface area contributed by atoms with Crippen LogP contribution in [0.25, 0.3) is 0 Å². The first-order valence-corrected chi connectivity index (χ1v) is 13.4. The average Bonchev–Trinajstić information content (AvgIpc) is 2.90. The highest BCUT2D eigenvalue weighted by Crippen LogP contribution is 2.32. The number of aromatic carboxylic acids is 1. The minimum atomic E-state index is -0.981. The van der Waals surface area contributed by atoms with Gasteiger partial charge in [-0.15, -0.1) is 0 Å². The third-order valence-corrected chi connectivity index (χ3v) is 6.42. The Bertz CT molecular complexity index is 1060. The molecule has 0 amide bonds. The van der Waals surface area contributed by atoms with Gasteiger partial charge in [0.1, 0.15) is 30.3 Å². The van der Waals surface area contributed by atoms with E-state index >= 15 is 0 Å². The highest BCUT2D eigenvalue weighted by molar-refractivity contribution is 5.93. The van der Waals surface area contributed by atoms with Gasteiger partial charge in [-0.1, -0.05) is 99.2 Å². The molecule has 0 aliphatic rings. The first-order chi connectivity index (χ1) is 18.0. The number of rotatable bonds is 17. The molecule has 0 radical (unpaired) electrons. The molecule has 0 spiro atoms. The second-order valence-corrected chi connectivity index (χ2v) is 9.67. The molecule has 37 heavy (non-hydrogen) atoms. The number of carbonyl (C=O) groups is 1. The molecule has 3 rings (SSSR count). The molecule has 5 nitrogen and oxygen atoms in total. The molecule has 2 N–H and O–H groups in total. The van der Waals surface area contributed by atoms with Gasteiger partial charge in [0.2, 0.25) is 0 Å². The molecule has 0 unspecified atom stereocenters. The summed E-state index contributed by atoms with van der Waals surface area (Å²) >= 11 is 0. The van der Waals surface area contributed by atoms with Crippen molar-refractivity contribution >= 4 is 5.97 Å². The van der Waals surface area contributed by atoms with E-state index in [1.165, 1.54) is 6.42 Å². The topological polar surface area (TPSA) is 76.0 Å². The molecular formula is C32H40O5. The maximum absolute atomic E-state index is 12.3. The summed E-state index contributed by atoms with van der Waals surface area (Å²) in [6.07, 6.45) is 8.96. The minimum Gasteiger partial charge on any atom is -0.489 e. The highest BCUT2D eigenvalue weighted by Gasteiger charge is 2.19. The molecule has 3 aromatic rings. The van der Waals surface area contributed by atoms with Gasteiger partial charge in [-0.2, -0.15) is 0 Å². The van der Waals surface area contributed by atoms with Crippen molar-refractivity contribution in [3.63, 3.8) is 0 Å². The van der Waals surface area contributed by atoms with Crippen LogP contribution in [0.1, 0.15) is 85.3 Å². The Kier molecular flexibility index (Phi) is 12.0. The molecule has 0 aliphatic heterocycles. The summed E-state index contributed by atoms with van der Waals surface area (Å²) in [7, 11) is 0. The molecule has 3 aromatic carbocycles. The highest BCUT2D eigenvalue weighted by atomic mass is 16.5. The third-order valence-electron chi connectivity index (χ3n) is 6.42. The standard InChI is InChI=1S/C32H40O5/c1-25(33)15-9-5-3-2-4-6-14-20-28-21-29(36-23-26-16-10-7-11-17-26)22-30(31(28)32(34)35)37-24-27-18-12-8-13-19-27/h7-8,10-13,16-19,21-22,25,33H,2-6,9,14-15,20,23-24H2,1H3,(H,34,35)/t25-/m0/s1. The van der Waals surface area contributed by atoms with E-state index < -0.39 is 5.97 Å². The molecule has 1 atom stereocenters. The van der Waals surface area contributed by atoms with Crippen LogP contribution in [-0.4, -0.2) is 22.3 Å².